The average molecular weight is 249 g/mol. The molecule has 0 spiro atoms. The van der Waals surface area contributed by atoms with Gasteiger partial charge in [-0.05, 0) is 38.5 Å². The molecule has 0 unspecified atom stereocenters. The summed E-state index contributed by atoms with van der Waals surface area (Å²) in [5.41, 5.74) is 4.03. The van der Waals surface area contributed by atoms with Crippen LogP contribution >= 0.6 is 0 Å². The molecule has 0 bridgehead atoms. The molecule has 3 N–H and O–H groups in total. The van der Waals surface area contributed by atoms with Crippen LogP contribution in [0.1, 0.15) is 38.5 Å². The fraction of sp³-hybridized carbons (Fsp3) is 0.600. The lowest BCUT2D eigenvalue weighted by molar-refractivity contribution is 0.753. The topological polar surface area (TPSA) is 36.1 Å². The Labute approximate surface area is 111 Å². The normalized spacial score (nSPS) is 18.5. The summed E-state index contributed by atoms with van der Waals surface area (Å²) in [6, 6.07) is 0. The number of nitrogens with one attached hydrogen (secondary N) is 3. The zero-order valence-corrected chi connectivity index (χ0v) is 12.0. The first-order valence-electron chi connectivity index (χ1n) is 6.90. The van der Waals surface area contributed by atoms with Gasteiger partial charge in [0, 0.05) is 38.2 Å². The van der Waals surface area contributed by atoms with E-state index in [1.54, 1.807) is 0 Å². The van der Waals surface area contributed by atoms with Crippen LogP contribution in [0.3, 0.4) is 0 Å². The van der Waals surface area contributed by atoms with Gasteiger partial charge in [-0.3, -0.25) is 0 Å². The zero-order chi connectivity index (χ0) is 13.2. The Bertz CT molecular complexity index is 327. The Morgan fingerprint density at radius 1 is 0.611 bits per heavy atom. The van der Waals surface area contributed by atoms with E-state index >= 15 is 0 Å². The first-order valence-corrected chi connectivity index (χ1v) is 6.90. The molecule has 1 aliphatic carbocycles. The highest BCUT2D eigenvalue weighted by molar-refractivity contribution is 5.09. The highest BCUT2D eigenvalue weighted by atomic mass is 14.9. The van der Waals surface area contributed by atoms with E-state index in [-0.39, 0.29) is 0 Å². The molecule has 0 fully saturated rings. The standard InChI is InChI=1S/C15H27N3/c1-16-13-7-4-5-8-14(17-2)11-12-15(18-3)10-6-9-13/h7-8,10,16-18H,4-6,9,11-12H2,1-3H3. The second-order valence-electron chi connectivity index (χ2n) is 4.55. The molecule has 1 rings (SSSR count). The lowest BCUT2D eigenvalue weighted by Gasteiger charge is -2.12. The van der Waals surface area contributed by atoms with Gasteiger partial charge in [0.2, 0.25) is 0 Å². The molecule has 3 heteroatoms. The summed E-state index contributed by atoms with van der Waals surface area (Å²) in [4.78, 5) is 0. The third kappa shape index (κ3) is 5.30. The fourth-order valence-corrected chi connectivity index (χ4v) is 2.17. The number of hydrogen-bond donors (Lipinski definition) is 3. The van der Waals surface area contributed by atoms with Crippen molar-refractivity contribution in [2.45, 2.75) is 38.5 Å². The summed E-state index contributed by atoms with van der Waals surface area (Å²) in [7, 11) is 6.03. The van der Waals surface area contributed by atoms with Crippen LogP contribution in [-0.2, 0) is 0 Å². The average Bonchev–Trinajstić information content (AvgIpc) is 2.39. The van der Waals surface area contributed by atoms with Gasteiger partial charge < -0.3 is 16.0 Å². The maximum atomic E-state index is 3.30. The molecule has 0 saturated heterocycles. The van der Waals surface area contributed by atoms with E-state index in [0.717, 1.165) is 38.5 Å². The van der Waals surface area contributed by atoms with Gasteiger partial charge in [-0.15, -0.1) is 0 Å². The van der Waals surface area contributed by atoms with Crippen molar-refractivity contribution in [3.63, 3.8) is 0 Å². The monoisotopic (exact) mass is 249 g/mol. The lowest BCUT2D eigenvalue weighted by Crippen LogP contribution is -2.11. The molecule has 0 saturated carbocycles. The maximum Gasteiger partial charge on any atom is 0.00675 e. The summed E-state index contributed by atoms with van der Waals surface area (Å²) in [5.74, 6) is 0. The molecule has 3 nitrogen and oxygen atoms in total. The van der Waals surface area contributed by atoms with Gasteiger partial charge in [0.1, 0.15) is 0 Å². The van der Waals surface area contributed by atoms with Gasteiger partial charge in [0.05, 0.1) is 0 Å². The molecule has 18 heavy (non-hydrogen) atoms. The Morgan fingerprint density at radius 3 is 1.44 bits per heavy atom. The van der Waals surface area contributed by atoms with E-state index in [9.17, 15) is 0 Å². The van der Waals surface area contributed by atoms with Crippen LogP contribution in [-0.4, -0.2) is 21.1 Å². The minimum absolute atomic E-state index is 1.09. The van der Waals surface area contributed by atoms with Crippen LogP contribution in [0.2, 0.25) is 0 Å². The van der Waals surface area contributed by atoms with Crippen LogP contribution in [0.4, 0.5) is 0 Å². The van der Waals surface area contributed by atoms with E-state index in [1.807, 2.05) is 21.1 Å². The second kappa shape index (κ2) is 8.67. The Kier molecular flexibility index (Phi) is 7.07. The van der Waals surface area contributed by atoms with E-state index in [4.69, 9.17) is 0 Å². The second-order valence-corrected chi connectivity index (χ2v) is 4.55. The highest BCUT2D eigenvalue weighted by Gasteiger charge is 2.01. The molecular weight excluding hydrogens is 222 g/mol. The lowest BCUT2D eigenvalue weighted by atomic mass is 10.1. The van der Waals surface area contributed by atoms with Crippen molar-refractivity contribution in [1.82, 2.24) is 16.0 Å². The molecule has 0 heterocycles. The van der Waals surface area contributed by atoms with E-state index in [1.165, 1.54) is 17.1 Å². The fourth-order valence-electron chi connectivity index (χ4n) is 2.17. The summed E-state index contributed by atoms with van der Waals surface area (Å²) >= 11 is 0. The summed E-state index contributed by atoms with van der Waals surface area (Å²) < 4.78 is 0. The molecular formula is C15H27N3. The van der Waals surface area contributed by atoms with Crippen molar-refractivity contribution in [3.05, 3.63) is 35.3 Å². The van der Waals surface area contributed by atoms with Crippen LogP contribution in [0.5, 0.6) is 0 Å². The Hall–Kier alpha value is -1.38. The molecule has 0 amide bonds. The van der Waals surface area contributed by atoms with Gasteiger partial charge >= 0.3 is 0 Å². The maximum absolute atomic E-state index is 3.30. The van der Waals surface area contributed by atoms with E-state index in [2.05, 4.69) is 34.2 Å². The molecule has 0 aromatic rings. The van der Waals surface area contributed by atoms with Crippen molar-refractivity contribution in [2.24, 2.45) is 0 Å². The third-order valence-electron chi connectivity index (χ3n) is 3.38. The predicted octanol–water partition coefficient (Wildman–Crippen LogP) is 2.65. The highest BCUT2D eigenvalue weighted by Crippen LogP contribution is 2.13. The summed E-state index contributed by atoms with van der Waals surface area (Å²) in [6.45, 7) is 0. The number of hydrogen-bond acceptors (Lipinski definition) is 3. The Morgan fingerprint density at radius 2 is 1.00 bits per heavy atom. The summed E-state index contributed by atoms with van der Waals surface area (Å²) in [5, 5.41) is 9.88. The number of rotatable bonds is 3. The third-order valence-corrected chi connectivity index (χ3v) is 3.38. The van der Waals surface area contributed by atoms with Gasteiger partial charge in [0.15, 0.2) is 0 Å². The van der Waals surface area contributed by atoms with Crippen LogP contribution in [0.15, 0.2) is 35.3 Å². The van der Waals surface area contributed by atoms with Gasteiger partial charge in [-0.25, -0.2) is 0 Å². The quantitative estimate of drug-likeness (QED) is 0.719. The minimum Gasteiger partial charge on any atom is -0.392 e. The summed E-state index contributed by atoms with van der Waals surface area (Å²) in [6.07, 6.45) is 13.6. The smallest absolute Gasteiger partial charge is 0.00675 e. The Balaban J connectivity index is 2.74. The molecule has 0 aromatic heterocycles. The predicted molar refractivity (Wildman–Crippen MR) is 79.1 cm³/mol. The first-order chi connectivity index (χ1) is 8.80. The van der Waals surface area contributed by atoms with Crippen molar-refractivity contribution >= 4 is 0 Å². The minimum atomic E-state index is 1.09. The van der Waals surface area contributed by atoms with E-state index < -0.39 is 0 Å². The molecule has 0 atom stereocenters. The van der Waals surface area contributed by atoms with Gasteiger partial charge in [0.25, 0.3) is 0 Å². The molecule has 0 aromatic carbocycles. The first kappa shape index (κ1) is 14.7. The van der Waals surface area contributed by atoms with E-state index in [0.29, 0.717) is 0 Å². The molecule has 0 radical (unpaired) electrons. The van der Waals surface area contributed by atoms with Crippen molar-refractivity contribution in [2.75, 3.05) is 21.1 Å². The SMILES string of the molecule is CNC1=CCCC=C(NC)CCC(NC)=CCC1. The number of allylic oxidation sites excluding steroid dienone is 6. The molecule has 102 valence electrons. The van der Waals surface area contributed by atoms with Crippen molar-refractivity contribution in [3.8, 4) is 0 Å². The molecule has 1 aliphatic rings. The van der Waals surface area contributed by atoms with Crippen LogP contribution < -0.4 is 16.0 Å². The van der Waals surface area contributed by atoms with Crippen LogP contribution in [0, 0.1) is 0 Å². The van der Waals surface area contributed by atoms with Crippen LogP contribution in [0.25, 0.3) is 0 Å². The largest absolute Gasteiger partial charge is 0.392 e. The van der Waals surface area contributed by atoms with Crippen molar-refractivity contribution < 1.29 is 0 Å². The van der Waals surface area contributed by atoms with Gasteiger partial charge in [-0.2, -0.15) is 0 Å². The van der Waals surface area contributed by atoms with Gasteiger partial charge in [-0.1, -0.05) is 18.2 Å². The van der Waals surface area contributed by atoms with Crippen molar-refractivity contribution in [1.29, 1.82) is 0 Å². The molecule has 0 aliphatic heterocycles. The zero-order valence-electron chi connectivity index (χ0n) is 12.0.